The van der Waals surface area contributed by atoms with Crippen molar-refractivity contribution in [2.75, 3.05) is 23.7 Å². The number of hydrogen-bond acceptors (Lipinski definition) is 5. The van der Waals surface area contributed by atoms with E-state index in [-0.39, 0.29) is 10.6 Å². The van der Waals surface area contributed by atoms with Crippen LogP contribution in [0.15, 0.2) is 0 Å². The van der Waals surface area contributed by atoms with E-state index in [4.69, 9.17) is 11.1 Å². The normalized spacial score (nSPS) is 17.8. The number of aromatic nitrogens is 2. The summed E-state index contributed by atoms with van der Waals surface area (Å²) < 4.78 is 0.184. The molecule has 116 valence electrons. The minimum atomic E-state index is 0.0995. The standard InChI is InChI=1S/C15H25N5S/c1-5-10-11(6-2)18-19-14(12(10)13(16)17)20-7-8-21-15(3,4)9-20/h5-9H2,1-4H3,(H3,16,17). The number of thioether (sulfide) groups is 1. The summed E-state index contributed by atoms with van der Waals surface area (Å²) in [4.78, 5) is 2.23. The highest BCUT2D eigenvalue weighted by atomic mass is 32.2. The Bertz CT molecular complexity index is 541. The van der Waals surface area contributed by atoms with Crippen molar-refractivity contribution in [2.45, 2.75) is 45.3 Å². The Kier molecular flexibility index (Phi) is 4.76. The van der Waals surface area contributed by atoms with Crippen molar-refractivity contribution in [3.63, 3.8) is 0 Å². The third-order valence-corrected chi connectivity index (χ3v) is 5.12. The number of hydrogen-bond donors (Lipinski definition) is 2. The molecule has 1 fully saturated rings. The molecule has 0 radical (unpaired) electrons. The first-order valence-corrected chi connectivity index (χ1v) is 8.50. The van der Waals surface area contributed by atoms with Crippen LogP contribution >= 0.6 is 11.8 Å². The summed E-state index contributed by atoms with van der Waals surface area (Å²) in [5.41, 5.74) is 8.69. The smallest absolute Gasteiger partial charge is 0.162 e. The molecule has 0 unspecified atom stereocenters. The highest BCUT2D eigenvalue weighted by Crippen LogP contribution is 2.33. The molecule has 0 amide bonds. The maximum absolute atomic E-state index is 7.99. The van der Waals surface area contributed by atoms with Crippen LogP contribution in [0.5, 0.6) is 0 Å². The Hall–Kier alpha value is -1.30. The largest absolute Gasteiger partial charge is 0.384 e. The quantitative estimate of drug-likeness (QED) is 0.658. The van der Waals surface area contributed by atoms with Gasteiger partial charge in [0.25, 0.3) is 0 Å². The first-order chi connectivity index (χ1) is 9.89. The van der Waals surface area contributed by atoms with Gasteiger partial charge in [-0.3, -0.25) is 5.41 Å². The highest BCUT2D eigenvalue weighted by Gasteiger charge is 2.30. The third kappa shape index (κ3) is 3.31. The molecule has 0 aromatic carbocycles. The predicted molar refractivity (Wildman–Crippen MR) is 90.6 cm³/mol. The summed E-state index contributed by atoms with van der Waals surface area (Å²) in [6.07, 6.45) is 1.64. The molecule has 1 aromatic rings. The zero-order valence-corrected chi connectivity index (χ0v) is 14.2. The van der Waals surface area contributed by atoms with E-state index >= 15 is 0 Å². The maximum Gasteiger partial charge on any atom is 0.162 e. The second-order valence-electron chi connectivity index (χ2n) is 5.97. The van der Waals surface area contributed by atoms with Crippen LogP contribution in [0.1, 0.15) is 44.5 Å². The summed E-state index contributed by atoms with van der Waals surface area (Å²) in [6.45, 7) is 10.5. The lowest BCUT2D eigenvalue weighted by Crippen LogP contribution is -2.44. The van der Waals surface area contributed by atoms with Gasteiger partial charge in [0.2, 0.25) is 0 Å². The molecule has 1 aliphatic heterocycles. The van der Waals surface area contributed by atoms with Gasteiger partial charge in [-0.2, -0.15) is 16.9 Å². The Morgan fingerprint density at radius 1 is 1.33 bits per heavy atom. The first-order valence-electron chi connectivity index (χ1n) is 7.51. The van der Waals surface area contributed by atoms with Gasteiger partial charge >= 0.3 is 0 Å². The van der Waals surface area contributed by atoms with E-state index in [1.54, 1.807) is 0 Å². The SMILES string of the molecule is CCc1nnc(N2CCSC(C)(C)C2)c(C(=N)N)c1CC. The lowest BCUT2D eigenvalue weighted by atomic mass is 10.0. The molecule has 1 aromatic heterocycles. The van der Waals surface area contributed by atoms with Gasteiger partial charge in [0.15, 0.2) is 5.82 Å². The molecule has 21 heavy (non-hydrogen) atoms. The number of nitrogens with one attached hydrogen (secondary N) is 1. The van der Waals surface area contributed by atoms with Crippen LogP contribution in [0.25, 0.3) is 0 Å². The molecular weight excluding hydrogens is 282 g/mol. The van der Waals surface area contributed by atoms with Gasteiger partial charge < -0.3 is 10.6 Å². The summed E-state index contributed by atoms with van der Waals surface area (Å²) in [5.74, 6) is 1.94. The average molecular weight is 307 g/mol. The monoisotopic (exact) mass is 307 g/mol. The molecular formula is C15H25N5S. The number of nitrogens with zero attached hydrogens (tertiary/aromatic N) is 3. The zero-order valence-electron chi connectivity index (χ0n) is 13.4. The molecule has 1 aliphatic rings. The topological polar surface area (TPSA) is 78.9 Å². The van der Waals surface area contributed by atoms with E-state index < -0.39 is 0 Å². The minimum absolute atomic E-state index is 0.0995. The van der Waals surface area contributed by atoms with Gasteiger partial charge in [-0.05, 0) is 32.3 Å². The maximum atomic E-state index is 7.99. The Morgan fingerprint density at radius 3 is 2.57 bits per heavy atom. The van der Waals surface area contributed by atoms with Crippen molar-refractivity contribution in [1.29, 1.82) is 5.41 Å². The Balaban J connectivity index is 2.50. The van der Waals surface area contributed by atoms with Gasteiger partial charge in [0.1, 0.15) is 5.84 Å². The summed E-state index contributed by atoms with van der Waals surface area (Å²) in [6, 6.07) is 0. The van der Waals surface area contributed by atoms with Crippen LogP contribution in [-0.4, -0.2) is 39.6 Å². The lowest BCUT2D eigenvalue weighted by Gasteiger charge is -2.39. The molecule has 5 nitrogen and oxygen atoms in total. The van der Waals surface area contributed by atoms with Gasteiger partial charge in [-0.25, -0.2) is 0 Å². The fourth-order valence-electron chi connectivity index (χ4n) is 2.86. The molecule has 6 heteroatoms. The summed E-state index contributed by atoms with van der Waals surface area (Å²) in [7, 11) is 0. The second kappa shape index (κ2) is 6.22. The zero-order chi connectivity index (χ0) is 15.6. The molecule has 2 rings (SSSR count). The van der Waals surface area contributed by atoms with Crippen molar-refractivity contribution in [2.24, 2.45) is 5.73 Å². The van der Waals surface area contributed by atoms with Crippen LogP contribution in [0.3, 0.4) is 0 Å². The molecule has 3 N–H and O–H groups in total. The van der Waals surface area contributed by atoms with E-state index in [1.807, 2.05) is 11.8 Å². The average Bonchev–Trinajstić information content (AvgIpc) is 2.44. The van der Waals surface area contributed by atoms with E-state index in [0.717, 1.165) is 54.3 Å². The number of rotatable bonds is 4. The van der Waals surface area contributed by atoms with E-state index in [0.29, 0.717) is 0 Å². The van der Waals surface area contributed by atoms with Crippen molar-refractivity contribution in [1.82, 2.24) is 10.2 Å². The van der Waals surface area contributed by atoms with Crippen molar-refractivity contribution in [3.8, 4) is 0 Å². The lowest BCUT2D eigenvalue weighted by molar-refractivity contribution is 0.636. The van der Waals surface area contributed by atoms with Crippen molar-refractivity contribution < 1.29 is 0 Å². The van der Waals surface area contributed by atoms with Crippen LogP contribution in [0.4, 0.5) is 5.82 Å². The number of nitrogen functional groups attached to an aromatic ring is 1. The highest BCUT2D eigenvalue weighted by molar-refractivity contribution is 8.00. The fourth-order valence-corrected chi connectivity index (χ4v) is 3.98. The number of amidine groups is 1. The molecule has 0 aliphatic carbocycles. The molecule has 0 spiro atoms. The van der Waals surface area contributed by atoms with Crippen LogP contribution in [-0.2, 0) is 12.8 Å². The van der Waals surface area contributed by atoms with E-state index in [9.17, 15) is 0 Å². The van der Waals surface area contributed by atoms with Gasteiger partial charge in [-0.1, -0.05) is 13.8 Å². The minimum Gasteiger partial charge on any atom is -0.384 e. The van der Waals surface area contributed by atoms with Gasteiger partial charge in [-0.15, -0.1) is 5.10 Å². The molecule has 0 bridgehead atoms. The van der Waals surface area contributed by atoms with E-state index in [1.165, 1.54) is 0 Å². The Morgan fingerprint density at radius 2 is 2.05 bits per heavy atom. The van der Waals surface area contributed by atoms with Gasteiger partial charge in [0.05, 0.1) is 11.3 Å². The van der Waals surface area contributed by atoms with Crippen molar-refractivity contribution >= 4 is 23.4 Å². The van der Waals surface area contributed by atoms with Gasteiger partial charge in [0, 0.05) is 23.6 Å². The predicted octanol–water partition coefficient (Wildman–Crippen LogP) is 2.22. The third-order valence-electron chi connectivity index (χ3n) is 3.82. The Labute approximate surface area is 131 Å². The molecule has 0 saturated carbocycles. The molecule has 1 saturated heterocycles. The number of anilines is 1. The van der Waals surface area contributed by atoms with E-state index in [2.05, 4.69) is 42.8 Å². The molecule has 0 atom stereocenters. The second-order valence-corrected chi connectivity index (χ2v) is 7.78. The fraction of sp³-hybridized carbons (Fsp3) is 0.667. The summed E-state index contributed by atoms with van der Waals surface area (Å²) in [5, 5.41) is 16.8. The molecule has 2 heterocycles. The van der Waals surface area contributed by atoms with Crippen LogP contribution < -0.4 is 10.6 Å². The number of nitrogens with two attached hydrogens (primary N) is 1. The van der Waals surface area contributed by atoms with Crippen LogP contribution in [0.2, 0.25) is 0 Å². The number of aryl methyl sites for hydroxylation is 1. The summed E-state index contributed by atoms with van der Waals surface area (Å²) >= 11 is 1.98. The van der Waals surface area contributed by atoms with Crippen molar-refractivity contribution in [3.05, 3.63) is 16.8 Å². The van der Waals surface area contributed by atoms with Crippen LogP contribution in [0, 0.1) is 5.41 Å². The first kappa shape index (κ1) is 16.1.